The van der Waals surface area contributed by atoms with Gasteiger partial charge in [0, 0.05) is 25.0 Å². The standard InChI is InChI=1S/C16H22N2O2/c1-16(2)11-18(7-8-19-16)13(10-17)15-9-12-5-3-4-6-14(12)20-15/h3-6,9,13H,7-8,10-11,17H2,1-2H3. The highest BCUT2D eigenvalue weighted by Crippen LogP contribution is 2.30. The summed E-state index contributed by atoms with van der Waals surface area (Å²) in [7, 11) is 0. The molecule has 2 heterocycles. The first-order valence-electron chi connectivity index (χ1n) is 7.16. The molecule has 1 atom stereocenters. The van der Waals surface area contributed by atoms with Crippen LogP contribution in [-0.2, 0) is 4.74 Å². The molecule has 0 bridgehead atoms. The summed E-state index contributed by atoms with van der Waals surface area (Å²) in [4.78, 5) is 2.36. The van der Waals surface area contributed by atoms with Gasteiger partial charge < -0.3 is 14.9 Å². The lowest BCUT2D eigenvalue weighted by molar-refractivity contribution is -0.0983. The highest BCUT2D eigenvalue weighted by atomic mass is 16.5. The van der Waals surface area contributed by atoms with E-state index in [1.807, 2.05) is 18.2 Å². The van der Waals surface area contributed by atoms with Crippen molar-refractivity contribution >= 4 is 11.0 Å². The van der Waals surface area contributed by atoms with Crippen LogP contribution in [0.2, 0.25) is 0 Å². The summed E-state index contributed by atoms with van der Waals surface area (Å²) in [6, 6.07) is 10.3. The molecule has 108 valence electrons. The van der Waals surface area contributed by atoms with Crippen LogP contribution in [0.5, 0.6) is 0 Å². The Morgan fingerprint density at radius 1 is 1.35 bits per heavy atom. The second kappa shape index (κ2) is 5.20. The van der Waals surface area contributed by atoms with E-state index in [0.717, 1.165) is 36.4 Å². The first-order chi connectivity index (χ1) is 9.59. The van der Waals surface area contributed by atoms with E-state index in [2.05, 4.69) is 30.9 Å². The van der Waals surface area contributed by atoms with Gasteiger partial charge in [0.1, 0.15) is 11.3 Å². The summed E-state index contributed by atoms with van der Waals surface area (Å²) in [5, 5.41) is 1.13. The largest absolute Gasteiger partial charge is 0.459 e. The lowest BCUT2D eigenvalue weighted by atomic mass is 10.0. The van der Waals surface area contributed by atoms with Crippen LogP contribution in [0.3, 0.4) is 0 Å². The van der Waals surface area contributed by atoms with Crippen molar-refractivity contribution in [3.8, 4) is 0 Å². The van der Waals surface area contributed by atoms with E-state index in [1.165, 1.54) is 0 Å². The molecule has 1 aliphatic heterocycles. The summed E-state index contributed by atoms with van der Waals surface area (Å²) < 4.78 is 11.8. The third-order valence-electron chi connectivity index (χ3n) is 3.89. The Kier molecular flexibility index (Phi) is 3.54. The maximum atomic E-state index is 6.00. The molecular formula is C16H22N2O2. The minimum absolute atomic E-state index is 0.116. The quantitative estimate of drug-likeness (QED) is 0.934. The lowest BCUT2D eigenvalue weighted by Crippen LogP contribution is -2.50. The molecule has 1 saturated heterocycles. The Balaban J connectivity index is 1.89. The van der Waals surface area contributed by atoms with Crippen LogP contribution in [0.25, 0.3) is 11.0 Å². The highest BCUT2D eigenvalue weighted by Gasteiger charge is 2.32. The van der Waals surface area contributed by atoms with Crippen molar-refractivity contribution in [2.45, 2.75) is 25.5 Å². The van der Waals surface area contributed by atoms with Gasteiger partial charge in [0.15, 0.2) is 0 Å². The summed E-state index contributed by atoms with van der Waals surface area (Å²) >= 11 is 0. The molecule has 0 aliphatic carbocycles. The number of para-hydroxylation sites is 1. The van der Waals surface area contributed by atoms with Crippen molar-refractivity contribution in [1.82, 2.24) is 4.90 Å². The normalized spacial score (nSPS) is 21.1. The van der Waals surface area contributed by atoms with Crippen LogP contribution in [0.1, 0.15) is 25.6 Å². The fraction of sp³-hybridized carbons (Fsp3) is 0.500. The number of hydrogen-bond acceptors (Lipinski definition) is 4. The molecule has 2 N–H and O–H groups in total. The van der Waals surface area contributed by atoms with Gasteiger partial charge in [-0.05, 0) is 26.0 Å². The zero-order chi connectivity index (χ0) is 14.2. The Morgan fingerprint density at radius 3 is 2.85 bits per heavy atom. The van der Waals surface area contributed by atoms with Gasteiger partial charge in [-0.2, -0.15) is 0 Å². The van der Waals surface area contributed by atoms with Crippen molar-refractivity contribution in [1.29, 1.82) is 0 Å². The highest BCUT2D eigenvalue weighted by molar-refractivity contribution is 5.77. The molecule has 1 fully saturated rings. The molecule has 2 aromatic rings. The molecule has 0 radical (unpaired) electrons. The molecule has 0 amide bonds. The molecule has 20 heavy (non-hydrogen) atoms. The van der Waals surface area contributed by atoms with Gasteiger partial charge in [-0.3, -0.25) is 4.90 Å². The number of rotatable bonds is 3. The Morgan fingerprint density at radius 2 is 2.15 bits per heavy atom. The Bertz CT molecular complexity index is 558. The van der Waals surface area contributed by atoms with E-state index in [4.69, 9.17) is 14.9 Å². The smallest absolute Gasteiger partial charge is 0.134 e. The number of furan rings is 1. The second-order valence-electron chi connectivity index (χ2n) is 6.02. The van der Waals surface area contributed by atoms with E-state index >= 15 is 0 Å². The van der Waals surface area contributed by atoms with E-state index in [0.29, 0.717) is 6.54 Å². The van der Waals surface area contributed by atoms with Crippen LogP contribution < -0.4 is 5.73 Å². The van der Waals surface area contributed by atoms with Crippen LogP contribution in [0.4, 0.5) is 0 Å². The van der Waals surface area contributed by atoms with Crippen LogP contribution in [0.15, 0.2) is 34.7 Å². The van der Waals surface area contributed by atoms with Gasteiger partial charge in [0.2, 0.25) is 0 Å². The van der Waals surface area contributed by atoms with E-state index in [9.17, 15) is 0 Å². The first-order valence-corrected chi connectivity index (χ1v) is 7.16. The first kappa shape index (κ1) is 13.6. The minimum Gasteiger partial charge on any atom is -0.459 e. The van der Waals surface area contributed by atoms with Crippen molar-refractivity contribution in [2.24, 2.45) is 5.73 Å². The maximum absolute atomic E-state index is 6.00. The second-order valence-corrected chi connectivity index (χ2v) is 6.02. The van der Waals surface area contributed by atoms with Gasteiger partial charge in [0.25, 0.3) is 0 Å². The number of benzene rings is 1. The Labute approximate surface area is 119 Å². The van der Waals surface area contributed by atoms with Crippen molar-refractivity contribution in [3.05, 3.63) is 36.1 Å². The third kappa shape index (κ3) is 2.59. The molecule has 3 rings (SSSR count). The molecule has 4 nitrogen and oxygen atoms in total. The van der Waals surface area contributed by atoms with Gasteiger partial charge in [-0.25, -0.2) is 0 Å². The number of ether oxygens (including phenoxy) is 1. The lowest BCUT2D eigenvalue weighted by Gasteiger charge is -2.41. The molecule has 0 spiro atoms. The average molecular weight is 274 g/mol. The van der Waals surface area contributed by atoms with Gasteiger partial charge in [-0.15, -0.1) is 0 Å². The number of nitrogens with two attached hydrogens (primary N) is 1. The minimum atomic E-state index is -0.127. The van der Waals surface area contributed by atoms with Gasteiger partial charge in [0.05, 0.1) is 18.2 Å². The zero-order valence-corrected chi connectivity index (χ0v) is 12.1. The molecule has 1 aliphatic rings. The van der Waals surface area contributed by atoms with E-state index in [-0.39, 0.29) is 11.6 Å². The third-order valence-corrected chi connectivity index (χ3v) is 3.89. The predicted molar refractivity (Wildman–Crippen MR) is 79.6 cm³/mol. The van der Waals surface area contributed by atoms with Crippen LogP contribution >= 0.6 is 0 Å². The summed E-state index contributed by atoms with van der Waals surface area (Å²) in [5.74, 6) is 0.950. The average Bonchev–Trinajstić information content (AvgIpc) is 2.81. The molecule has 1 aromatic heterocycles. The number of hydrogen-bond donors (Lipinski definition) is 1. The topological polar surface area (TPSA) is 51.6 Å². The summed E-state index contributed by atoms with van der Waals surface area (Å²) in [5.41, 5.74) is 6.80. The Hall–Kier alpha value is -1.36. The molecular weight excluding hydrogens is 252 g/mol. The van der Waals surface area contributed by atoms with Crippen molar-refractivity contribution < 1.29 is 9.15 Å². The van der Waals surface area contributed by atoms with Crippen LogP contribution in [0, 0.1) is 0 Å². The summed E-state index contributed by atoms with van der Waals surface area (Å²) in [6.07, 6.45) is 0. The van der Waals surface area contributed by atoms with Crippen molar-refractivity contribution in [3.63, 3.8) is 0 Å². The summed E-state index contributed by atoms with van der Waals surface area (Å²) in [6.45, 7) is 7.28. The number of nitrogens with zero attached hydrogens (tertiary/aromatic N) is 1. The van der Waals surface area contributed by atoms with Gasteiger partial charge in [-0.1, -0.05) is 18.2 Å². The van der Waals surface area contributed by atoms with Gasteiger partial charge >= 0.3 is 0 Å². The number of fused-ring (bicyclic) bond motifs is 1. The fourth-order valence-corrected chi connectivity index (χ4v) is 2.93. The van der Waals surface area contributed by atoms with Crippen LogP contribution in [-0.4, -0.2) is 36.7 Å². The monoisotopic (exact) mass is 274 g/mol. The zero-order valence-electron chi connectivity index (χ0n) is 12.1. The SMILES string of the molecule is CC1(C)CN(C(CN)c2cc3ccccc3o2)CCO1. The molecule has 1 aromatic carbocycles. The van der Waals surface area contributed by atoms with E-state index in [1.54, 1.807) is 0 Å². The van der Waals surface area contributed by atoms with E-state index < -0.39 is 0 Å². The fourth-order valence-electron chi connectivity index (χ4n) is 2.93. The number of morpholine rings is 1. The van der Waals surface area contributed by atoms with Crippen molar-refractivity contribution in [2.75, 3.05) is 26.2 Å². The molecule has 4 heteroatoms. The molecule has 1 unspecified atom stereocenters. The maximum Gasteiger partial charge on any atom is 0.134 e. The molecule has 0 saturated carbocycles. The predicted octanol–water partition coefficient (Wildman–Crippen LogP) is 2.54.